The largest absolute Gasteiger partial charge is 0.328 e. The average Bonchev–Trinajstić information content (AvgIpc) is 3.05. The first kappa shape index (κ1) is 18.8. The lowest BCUT2D eigenvalue weighted by atomic mass is 10.2. The lowest BCUT2D eigenvalue weighted by molar-refractivity contribution is -0.115. The number of aromatic nitrogens is 2. The van der Waals surface area contributed by atoms with Crippen LogP contribution in [-0.2, 0) is 11.2 Å². The second kappa shape index (κ2) is 8.15. The SMILES string of the molecule is Cc1ccc(Cl)cc1NC(=O)Cc1csc(NC(=O)c2ccc[nH]c2=O)n1. The number of carbonyl (C=O) groups excluding carboxylic acids is 2. The number of hydrogen-bond acceptors (Lipinski definition) is 5. The number of halogens is 1. The Morgan fingerprint density at radius 1 is 1.26 bits per heavy atom. The van der Waals surface area contributed by atoms with Crippen LogP contribution in [0.2, 0.25) is 5.02 Å². The highest BCUT2D eigenvalue weighted by Gasteiger charge is 2.14. The van der Waals surface area contributed by atoms with Crippen molar-refractivity contribution in [1.82, 2.24) is 9.97 Å². The number of carbonyl (C=O) groups is 2. The Hall–Kier alpha value is -2.97. The summed E-state index contributed by atoms with van der Waals surface area (Å²) in [5.74, 6) is -0.806. The van der Waals surface area contributed by atoms with Crippen LogP contribution >= 0.6 is 22.9 Å². The molecule has 0 fully saturated rings. The van der Waals surface area contributed by atoms with Gasteiger partial charge in [0, 0.05) is 22.3 Å². The zero-order valence-corrected chi connectivity index (χ0v) is 15.8. The number of nitrogens with zero attached hydrogens (tertiary/aromatic N) is 1. The Balaban J connectivity index is 1.63. The summed E-state index contributed by atoms with van der Waals surface area (Å²) in [4.78, 5) is 42.6. The van der Waals surface area contributed by atoms with E-state index in [-0.39, 0.29) is 17.9 Å². The number of amides is 2. The van der Waals surface area contributed by atoms with Crippen LogP contribution in [0.15, 0.2) is 46.7 Å². The van der Waals surface area contributed by atoms with E-state index in [2.05, 4.69) is 20.6 Å². The molecule has 0 spiro atoms. The average molecular weight is 403 g/mol. The Kier molecular flexibility index (Phi) is 5.68. The van der Waals surface area contributed by atoms with Crippen LogP contribution < -0.4 is 16.2 Å². The highest BCUT2D eigenvalue weighted by Crippen LogP contribution is 2.21. The van der Waals surface area contributed by atoms with Crippen LogP contribution in [0.1, 0.15) is 21.6 Å². The van der Waals surface area contributed by atoms with Gasteiger partial charge in [0.15, 0.2) is 5.13 Å². The van der Waals surface area contributed by atoms with Gasteiger partial charge in [-0.2, -0.15) is 0 Å². The molecule has 0 aliphatic rings. The Bertz CT molecular complexity index is 1060. The van der Waals surface area contributed by atoms with Crippen molar-refractivity contribution in [2.24, 2.45) is 0 Å². The van der Waals surface area contributed by atoms with Gasteiger partial charge in [-0.15, -0.1) is 11.3 Å². The molecule has 1 aromatic carbocycles. The van der Waals surface area contributed by atoms with E-state index >= 15 is 0 Å². The first-order valence-electron chi connectivity index (χ1n) is 7.92. The van der Waals surface area contributed by atoms with Crippen molar-refractivity contribution < 1.29 is 9.59 Å². The molecular weight excluding hydrogens is 388 g/mol. The molecule has 0 unspecified atom stereocenters. The summed E-state index contributed by atoms with van der Waals surface area (Å²) in [7, 11) is 0. The smallest absolute Gasteiger partial charge is 0.263 e. The molecule has 3 N–H and O–H groups in total. The van der Waals surface area contributed by atoms with Gasteiger partial charge in [-0.3, -0.25) is 19.7 Å². The monoisotopic (exact) mass is 402 g/mol. The summed E-state index contributed by atoms with van der Waals surface area (Å²) in [5.41, 5.74) is 1.55. The maximum absolute atomic E-state index is 12.2. The van der Waals surface area contributed by atoms with Gasteiger partial charge in [0.25, 0.3) is 11.5 Å². The van der Waals surface area contributed by atoms with Crippen molar-refractivity contribution in [3.8, 4) is 0 Å². The fourth-order valence-corrected chi connectivity index (χ4v) is 3.18. The first-order valence-corrected chi connectivity index (χ1v) is 9.17. The van der Waals surface area contributed by atoms with E-state index in [0.29, 0.717) is 21.5 Å². The molecule has 2 aromatic heterocycles. The molecule has 0 aliphatic carbocycles. The third-order valence-corrected chi connectivity index (χ3v) is 4.69. The fourth-order valence-electron chi connectivity index (χ4n) is 2.30. The van der Waals surface area contributed by atoms with E-state index in [9.17, 15) is 14.4 Å². The highest BCUT2D eigenvalue weighted by atomic mass is 35.5. The zero-order chi connectivity index (χ0) is 19.4. The Morgan fingerprint density at radius 2 is 2.07 bits per heavy atom. The van der Waals surface area contributed by atoms with Gasteiger partial charge in [0.1, 0.15) is 5.56 Å². The van der Waals surface area contributed by atoms with E-state index in [0.717, 1.165) is 5.56 Å². The molecule has 0 saturated heterocycles. The summed E-state index contributed by atoms with van der Waals surface area (Å²) in [6.45, 7) is 1.87. The van der Waals surface area contributed by atoms with Crippen molar-refractivity contribution >= 4 is 45.6 Å². The minimum absolute atomic E-state index is 0.0107. The van der Waals surface area contributed by atoms with E-state index in [4.69, 9.17) is 11.6 Å². The van der Waals surface area contributed by atoms with E-state index in [1.165, 1.54) is 23.6 Å². The minimum atomic E-state index is -0.559. The topological polar surface area (TPSA) is 104 Å². The Morgan fingerprint density at radius 3 is 2.85 bits per heavy atom. The third-order valence-electron chi connectivity index (χ3n) is 3.65. The third kappa shape index (κ3) is 4.81. The number of thiazole rings is 1. The predicted octanol–water partition coefficient (Wildman–Crippen LogP) is 3.23. The molecule has 2 amide bonds. The lowest BCUT2D eigenvalue weighted by Crippen LogP contribution is -2.22. The van der Waals surface area contributed by atoms with Gasteiger partial charge >= 0.3 is 0 Å². The van der Waals surface area contributed by atoms with Crippen molar-refractivity contribution in [2.75, 3.05) is 10.6 Å². The van der Waals surface area contributed by atoms with Gasteiger partial charge in [0.05, 0.1) is 12.1 Å². The molecule has 3 aromatic rings. The van der Waals surface area contributed by atoms with Gasteiger partial charge in [-0.25, -0.2) is 4.98 Å². The molecule has 9 heteroatoms. The van der Waals surface area contributed by atoms with E-state index in [1.54, 1.807) is 23.6 Å². The molecule has 3 rings (SSSR count). The second-order valence-electron chi connectivity index (χ2n) is 5.70. The van der Waals surface area contributed by atoms with Gasteiger partial charge < -0.3 is 10.3 Å². The minimum Gasteiger partial charge on any atom is -0.328 e. The molecule has 0 aliphatic heterocycles. The molecule has 0 saturated carbocycles. The zero-order valence-electron chi connectivity index (χ0n) is 14.2. The normalized spacial score (nSPS) is 10.4. The molecular formula is C18H15ClN4O3S. The number of H-pyrrole nitrogens is 1. The van der Waals surface area contributed by atoms with Crippen LogP contribution in [0.3, 0.4) is 0 Å². The summed E-state index contributed by atoms with van der Waals surface area (Å²) in [6, 6.07) is 8.23. The Labute approximate surface area is 163 Å². The van der Waals surface area contributed by atoms with E-state index < -0.39 is 11.5 Å². The van der Waals surface area contributed by atoms with Crippen LogP contribution in [0.4, 0.5) is 10.8 Å². The van der Waals surface area contributed by atoms with Crippen LogP contribution in [0.5, 0.6) is 0 Å². The molecule has 0 radical (unpaired) electrons. The number of anilines is 2. The number of nitrogens with one attached hydrogen (secondary N) is 3. The molecule has 2 heterocycles. The summed E-state index contributed by atoms with van der Waals surface area (Å²) >= 11 is 7.12. The van der Waals surface area contributed by atoms with Crippen molar-refractivity contribution in [2.45, 2.75) is 13.3 Å². The molecule has 0 bridgehead atoms. The summed E-state index contributed by atoms with van der Waals surface area (Å²) in [5, 5.41) is 7.87. The maximum atomic E-state index is 12.2. The number of aryl methyl sites for hydroxylation is 1. The number of pyridine rings is 1. The summed E-state index contributed by atoms with van der Waals surface area (Å²) in [6.07, 6.45) is 1.49. The molecule has 27 heavy (non-hydrogen) atoms. The van der Waals surface area contributed by atoms with Gasteiger partial charge in [-0.05, 0) is 36.8 Å². The number of aromatic amines is 1. The van der Waals surface area contributed by atoms with Crippen LogP contribution in [-0.4, -0.2) is 21.8 Å². The van der Waals surface area contributed by atoms with Crippen LogP contribution in [0.25, 0.3) is 0 Å². The second-order valence-corrected chi connectivity index (χ2v) is 6.99. The number of benzene rings is 1. The number of rotatable bonds is 5. The standard InChI is InChI=1S/C18H15ClN4O3S/c1-10-4-5-11(19)7-14(10)22-15(24)8-12-9-27-18(21-12)23-17(26)13-3-2-6-20-16(13)25/h2-7,9H,8H2,1H3,(H,20,25)(H,22,24)(H,21,23,26). The highest BCUT2D eigenvalue weighted by molar-refractivity contribution is 7.14. The van der Waals surface area contributed by atoms with Crippen molar-refractivity contribution in [3.05, 3.63) is 74.1 Å². The van der Waals surface area contributed by atoms with Crippen molar-refractivity contribution in [3.63, 3.8) is 0 Å². The van der Waals surface area contributed by atoms with Gasteiger partial charge in [0.2, 0.25) is 5.91 Å². The summed E-state index contributed by atoms with van der Waals surface area (Å²) < 4.78 is 0. The van der Waals surface area contributed by atoms with E-state index in [1.807, 2.05) is 13.0 Å². The molecule has 138 valence electrons. The van der Waals surface area contributed by atoms with Gasteiger partial charge in [-0.1, -0.05) is 17.7 Å². The predicted molar refractivity (Wildman–Crippen MR) is 106 cm³/mol. The number of hydrogen-bond donors (Lipinski definition) is 3. The van der Waals surface area contributed by atoms with Crippen molar-refractivity contribution in [1.29, 1.82) is 0 Å². The van der Waals surface area contributed by atoms with Crippen LogP contribution in [0, 0.1) is 6.92 Å². The maximum Gasteiger partial charge on any atom is 0.263 e. The quantitative estimate of drug-likeness (QED) is 0.609. The molecule has 0 atom stereocenters. The first-order chi connectivity index (χ1) is 12.9. The fraction of sp³-hybridized carbons (Fsp3) is 0.111. The lowest BCUT2D eigenvalue weighted by Gasteiger charge is -2.08. The molecule has 7 nitrogen and oxygen atoms in total.